The summed E-state index contributed by atoms with van der Waals surface area (Å²) >= 11 is 6.08. The second kappa shape index (κ2) is 7.11. The van der Waals surface area contributed by atoms with Crippen LogP contribution in [0.2, 0.25) is 0 Å². The normalized spacial score (nSPS) is 29.2. The van der Waals surface area contributed by atoms with E-state index in [1.165, 1.54) is 4.90 Å². The largest absolute Gasteiger partial charge is 0.356 e. The number of nitrogens with zero attached hydrogens (tertiary/aromatic N) is 3. The first-order valence-corrected chi connectivity index (χ1v) is 10.6. The van der Waals surface area contributed by atoms with E-state index < -0.39 is 19.8 Å². The van der Waals surface area contributed by atoms with Crippen LogP contribution in [0.5, 0.6) is 0 Å². The van der Waals surface area contributed by atoms with Gasteiger partial charge in [-0.2, -0.15) is 0 Å². The number of hydrogen-bond donors (Lipinski definition) is 0. The zero-order valence-corrected chi connectivity index (χ0v) is 16.1. The highest BCUT2D eigenvalue weighted by Gasteiger charge is 2.42. The summed E-state index contributed by atoms with van der Waals surface area (Å²) in [5, 5.41) is -0.837. The maximum absolute atomic E-state index is 12.8. The number of halogens is 1. The Balaban J connectivity index is 1.96. The molecule has 0 bridgehead atoms. The quantitative estimate of drug-likeness (QED) is 0.586. The van der Waals surface area contributed by atoms with Crippen molar-refractivity contribution in [1.29, 1.82) is 0 Å². The third-order valence-corrected chi connectivity index (χ3v) is 8.25. The first-order valence-electron chi connectivity index (χ1n) is 8.60. The molecule has 2 saturated heterocycles. The molecule has 0 N–H and O–H groups in total. The second-order valence-electron chi connectivity index (χ2n) is 7.20. The molecule has 3 heterocycles. The standard InChI is InChI=1S/C17H24ClN3O3S/c1-12(2)13-5-7-21(8-13)17-14(4-3-6-19-17)15-9-20(11-22)10-16(18)25(15,23)24/h3-4,6,11-13,15-16H,5,7-10H2,1-2H3. The third kappa shape index (κ3) is 3.49. The van der Waals surface area contributed by atoms with Crippen LogP contribution >= 0.6 is 11.6 Å². The summed E-state index contributed by atoms with van der Waals surface area (Å²) in [5.41, 5.74) is 0.643. The summed E-state index contributed by atoms with van der Waals surface area (Å²) < 4.78 is 24.5. The highest BCUT2D eigenvalue weighted by atomic mass is 35.5. The third-order valence-electron chi connectivity index (χ3n) is 5.31. The van der Waals surface area contributed by atoms with Gasteiger partial charge in [0.25, 0.3) is 0 Å². The number of pyridine rings is 1. The van der Waals surface area contributed by atoms with Gasteiger partial charge in [-0.05, 0) is 24.3 Å². The Morgan fingerprint density at radius 2 is 2.08 bits per heavy atom. The highest BCUT2D eigenvalue weighted by molar-refractivity contribution is 7.93. The van der Waals surface area contributed by atoms with Gasteiger partial charge in [0.2, 0.25) is 6.41 Å². The van der Waals surface area contributed by atoms with Crippen molar-refractivity contribution in [2.24, 2.45) is 11.8 Å². The minimum absolute atomic E-state index is 0.0264. The summed E-state index contributed by atoms with van der Waals surface area (Å²) in [5.74, 6) is 1.86. The van der Waals surface area contributed by atoms with Gasteiger partial charge in [-0.15, -0.1) is 11.6 Å². The number of rotatable bonds is 4. The fraction of sp³-hybridized carbons (Fsp3) is 0.647. The number of aromatic nitrogens is 1. The molecule has 8 heteroatoms. The number of hydrogen-bond acceptors (Lipinski definition) is 5. The SMILES string of the molecule is CC(C)C1CCN(c2ncccc2C2CN(C=O)CC(Cl)S2(=O)=O)C1. The zero-order chi connectivity index (χ0) is 18.2. The van der Waals surface area contributed by atoms with Crippen LogP contribution in [0.1, 0.15) is 31.1 Å². The molecule has 0 aliphatic carbocycles. The minimum atomic E-state index is -3.58. The Hall–Kier alpha value is -1.34. The molecule has 3 atom stereocenters. The maximum Gasteiger partial charge on any atom is 0.209 e. The molecule has 1 amide bonds. The monoisotopic (exact) mass is 385 g/mol. The number of carbonyl (C=O) groups excluding carboxylic acids is 1. The van der Waals surface area contributed by atoms with Gasteiger partial charge in [0.1, 0.15) is 11.1 Å². The number of anilines is 1. The Kier molecular flexibility index (Phi) is 5.25. The number of alkyl halides is 1. The van der Waals surface area contributed by atoms with Gasteiger partial charge in [0.05, 0.1) is 6.54 Å². The summed E-state index contributed by atoms with van der Waals surface area (Å²) in [6, 6.07) is 3.54. The lowest BCUT2D eigenvalue weighted by Crippen LogP contribution is -2.46. The molecule has 2 fully saturated rings. The molecular weight excluding hydrogens is 362 g/mol. The van der Waals surface area contributed by atoms with E-state index in [1.807, 2.05) is 0 Å². The number of amides is 1. The van der Waals surface area contributed by atoms with E-state index in [0.29, 0.717) is 29.6 Å². The Labute approximate surface area is 154 Å². The molecule has 2 aliphatic heterocycles. The van der Waals surface area contributed by atoms with E-state index in [1.54, 1.807) is 18.3 Å². The molecule has 0 radical (unpaired) electrons. The molecule has 0 spiro atoms. The van der Waals surface area contributed by atoms with Gasteiger partial charge in [-0.25, -0.2) is 13.4 Å². The molecule has 138 valence electrons. The molecule has 25 heavy (non-hydrogen) atoms. The van der Waals surface area contributed by atoms with Gasteiger partial charge in [-0.1, -0.05) is 19.9 Å². The van der Waals surface area contributed by atoms with Crippen LogP contribution in [0, 0.1) is 11.8 Å². The van der Waals surface area contributed by atoms with E-state index in [0.717, 1.165) is 19.5 Å². The summed E-state index contributed by atoms with van der Waals surface area (Å²) in [7, 11) is -3.58. The predicted molar refractivity (Wildman–Crippen MR) is 98.3 cm³/mol. The molecule has 3 rings (SSSR count). The molecule has 1 aromatic heterocycles. The molecule has 2 aliphatic rings. The predicted octanol–water partition coefficient (Wildman–Crippen LogP) is 2.06. The van der Waals surface area contributed by atoms with Crippen LogP contribution in [0.4, 0.5) is 5.82 Å². The van der Waals surface area contributed by atoms with E-state index in [2.05, 4.69) is 23.7 Å². The first-order chi connectivity index (χ1) is 11.8. The van der Waals surface area contributed by atoms with Crippen molar-refractivity contribution in [2.45, 2.75) is 30.2 Å². The Morgan fingerprint density at radius 3 is 2.72 bits per heavy atom. The van der Waals surface area contributed by atoms with Crippen molar-refractivity contribution in [3.8, 4) is 0 Å². The molecule has 1 aromatic rings. The Bertz CT molecular complexity index is 740. The molecule has 0 aromatic carbocycles. The van der Waals surface area contributed by atoms with Crippen LogP contribution in [0.3, 0.4) is 0 Å². The lowest BCUT2D eigenvalue weighted by molar-refractivity contribution is -0.118. The summed E-state index contributed by atoms with van der Waals surface area (Å²) in [6.45, 7) is 6.30. The molecule has 6 nitrogen and oxygen atoms in total. The lowest BCUT2D eigenvalue weighted by atomic mass is 9.95. The van der Waals surface area contributed by atoms with Gasteiger partial charge in [-0.3, -0.25) is 4.79 Å². The van der Waals surface area contributed by atoms with Crippen molar-refractivity contribution in [1.82, 2.24) is 9.88 Å². The minimum Gasteiger partial charge on any atom is -0.356 e. The van der Waals surface area contributed by atoms with E-state index in [4.69, 9.17) is 11.6 Å². The van der Waals surface area contributed by atoms with Crippen molar-refractivity contribution >= 4 is 33.7 Å². The number of sulfone groups is 1. The van der Waals surface area contributed by atoms with Crippen molar-refractivity contribution in [3.63, 3.8) is 0 Å². The topological polar surface area (TPSA) is 70.6 Å². The van der Waals surface area contributed by atoms with E-state index in [-0.39, 0.29) is 13.1 Å². The van der Waals surface area contributed by atoms with Crippen LogP contribution < -0.4 is 4.90 Å². The Morgan fingerprint density at radius 1 is 1.32 bits per heavy atom. The van der Waals surface area contributed by atoms with Gasteiger partial charge in [0, 0.05) is 31.4 Å². The smallest absolute Gasteiger partial charge is 0.209 e. The fourth-order valence-corrected chi connectivity index (χ4v) is 5.91. The van der Waals surface area contributed by atoms with Crippen LogP contribution in [-0.2, 0) is 14.6 Å². The van der Waals surface area contributed by atoms with Crippen LogP contribution in [-0.4, -0.2) is 55.6 Å². The molecule has 0 saturated carbocycles. The maximum atomic E-state index is 12.8. The van der Waals surface area contributed by atoms with E-state index >= 15 is 0 Å². The fourth-order valence-electron chi connectivity index (χ4n) is 3.67. The number of carbonyl (C=O) groups is 1. The first kappa shape index (κ1) is 18.5. The average Bonchev–Trinajstić information content (AvgIpc) is 3.07. The summed E-state index contributed by atoms with van der Waals surface area (Å²) in [4.78, 5) is 19.3. The lowest BCUT2D eigenvalue weighted by Gasteiger charge is -2.34. The average molecular weight is 386 g/mol. The van der Waals surface area contributed by atoms with Crippen molar-refractivity contribution < 1.29 is 13.2 Å². The van der Waals surface area contributed by atoms with E-state index in [9.17, 15) is 13.2 Å². The van der Waals surface area contributed by atoms with Crippen LogP contribution in [0.25, 0.3) is 0 Å². The second-order valence-corrected chi connectivity index (χ2v) is 10.3. The summed E-state index contributed by atoms with van der Waals surface area (Å²) in [6.07, 6.45) is 3.42. The van der Waals surface area contributed by atoms with Gasteiger partial charge in [0.15, 0.2) is 14.5 Å². The molecular formula is C17H24ClN3O3S. The van der Waals surface area contributed by atoms with Gasteiger partial charge >= 0.3 is 0 Å². The zero-order valence-electron chi connectivity index (χ0n) is 14.5. The molecule has 3 unspecified atom stereocenters. The van der Waals surface area contributed by atoms with Crippen molar-refractivity contribution in [3.05, 3.63) is 23.9 Å². The highest BCUT2D eigenvalue weighted by Crippen LogP contribution is 2.38. The van der Waals surface area contributed by atoms with Crippen LogP contribution in [0.15, 0.2) is 18.3 Å². The van der Waals surface area contributed by atoms with Gasteiger partial charge < -0.3 is 9.80 Å². The van der Waals surface area contributed by atoms with Crippen molar-refractivity contribution in [2.75, 3.05) is 31.1 Å².